The van der Waals surface area contributed by atoms with Crippen molar-refractivity contribution in [2.24, 2.45) is 0 Å². The summed E-state index contributed by atoms with van der Waals surface area (Å²) in [5.41, 5.74) is 0.851. The number of aromatic nitrogens is 1. The fraction of sp³-hybridized carbons (Fsp3) is 0.714. The van der Waals surface area contributed by atoms with E-state index < -0.39 is 0 Å². The number of rotatable bonds is 6. The van der Waals surface area contributed by atoms with Gasteiger partial charge in [-0.1, -0.05) is 5.16 Å². The summed E-state index contributed by atoms with van der Waals surface area (Å²) in [5.74, 6) is 0.782. The van der Waals surface area contributed by atoms with Crippen molar-refractivity contribution in [1.29, 1.82) is 0 Å². The van der Waals surface area contributed by atoms with Gasteiger partial charge in [0.1, 0.15) is 0 Å². The van der Waals surface area contributed by atoms with Crippen molar-refractivity contribution in [3.05, 3.63) is 17.5 Å². The molecule has 0 aliphatic carbocycles. The Morgan fingerprint density at radius 2 is 2.50 bits per heavy atom. The number of carbonyl (C=O) groups is 1. The molecule has 1 saturated heterocycles. The molecule has 0 spiro atoms. The minimum atomic E-state index is -0.0296. The van der Waals surface area contributed by atoms with Gasteiger partial charge in [-0.15, -0.1) is 0 Å². The van der Waals surface area contributed by atoms with Gasteiger partial charge in [-0.2, -0.15) is 0 Å². The average molecular weight is 281 g/mol. The topological polar surface area (TPSA) is 67.6 Å². The minimum Gasteiger partial charge on any atom is -0.382 e. The summed E-state index contributed by atoms with van der Waals surface area (Å²) in [7, 11) is 0. The Labute approximate surface area is 119 Å². The van der Waals surface area contributed by atoms with Crippen molar-refractivity contribution in [3.63, 3.8) is 0 Å². The van der Waals surface area contributed by atoms with Crippen molar-refractivity contribution in [1.82, 2.24) is 15.4 Å². The fourth-order valence-corrected chi connectivity index (χ4v) is 2.46. The monoisotopic (exact) mass is 281 g/mol. The molecule has 0 bridgehead atoms. The van der Waals surface area contributed by atoms with E-state index in [9.17, 15) is 4.79 Å². The van der Waals surface area contributed by atoms with Gasteiger partial charge in [0.2, 0.25) is 0 Å². The Morgan fingerprint density at radius 1 is 1.65 bits per heavy atom. The molecule has 1 aliphatic rings. The second kappa shape index (κ2) is 7.28. The van der Waals surface area contributed by atoms with Crippen molar-refractivity contribution in [2.45, 2.75) is 39.2 Å². The van der Waals surface area contributed by atoms with Crippen LogP contribution < -0.4 is 5.32 Å². The Kier molecular flexibility index (Phi) is 5.40. The molecule has 1 aromatic heterocycles. The first-order valence-electron chi connectivity index (χ1n) is 7.27. The summed E-state index contributed by atoms with van der Waals surface area (Å²) in [6.45, 7) is 6.65. The lowest BCUT2D eigenvalue weighted by molar-refractivity contribution is 0.143. The normalized spacial score (nSPS) is 18.5. The zero-order valence-corrected chi connectivity index (χ0v) is 12.2. The van der Waals surface area contributed by atoms with Gasteiger partial charge in [-0.05, 0) is 33.1 Å². The Morgan fingerprint density at radius 3 is 3.20 bits per heavy atom. The van der Waals surface area contributed by atoms with Gasteiger partial charge in [0.05, 0.1) is 11.7 Å². The number of carbonyl (C=O) groups excluding carboxylic acids is 1. The number of hydrogen-bond acceptors (Lipinski definition) is 4. The predicted octanol–water partition coefficient (Wildman–Crippen LogP) is 2.26. The highest BCUT2D eigenvalue weighted by atomic mass is 16.5. The van der Waals surface area contributed by atoms with Crippen LogP contribution in [-0.2, 0) is 4.74 Å². The number of aryl methyl sites for hydroxylation is 1. The maximum absolute atomic E-state index is 12.2. The molecule has 1 N–H and O–H groups in total. The molecule has 0 radical (unpaired) electrons. The van der Waals surface area contributed by atoms with Crippen LogP contribution in [0.4, 0.5) is 4.79 Å². The zero-order valence-electron chi connectivity index (χ0n) is 12.2. The van der Waals surface area contributed by atoms with Crippen LogP contribution in [0.15, 0.2) is 10.6 Å². The largest absolute Gasteiger partial charge is 0.382 e. The van der Waals surface area contributed by atoms with Gasteiger partial charge >= 0.3 is 6.03 Å². The number of likely N-dealkylation sites (tertiary alicyclic amines) is 1. The number of nitrogens with zero attached hydrogens (tertiary/aromatic N) is 2. The molecule has 1 aromatic rings. The lowest BCUT2D eigenvalue weighted by atomic mass is 10.1. The Balaban J connectivity index is 1.82. The highest BCUT2D eigenvalue weighted by Crippen LogP contribution is 2.32. The summed E-state index contributed by atoms with van der Waals surface area (Å²) >= 11 is 0. The molecule has 1 aliphatic heterocycles. The van der Waals surface area contributed by atoms with E-state index in [1.165, 1.54) is 0 Å². The standard InChI is InChI=1S/C14H23N3O3/c1-3-19-9-5-7-15-14(18)17-8-4-6-12(17)13-10-11(2)16-20-13/h10,12H,3-9H2,1-2H3,(H,15,18). The van der Waals surface area contributed by atoms with Crippen LogP contribution in [0.1, 0.15) is 43.7 Å². The van der Waals surface area contributed by atoms with Crippen LogP contribution in [0.2, 0.25) is 0 Å². The molecule has 0 saturated carbocycles. The molecule has 1 unspecified atom stereocenters. The zero-order chi connectivity index (χ0) is 14.4. The highest BCUT2D eigenvalue weighted by molar-refractivity contribution is 5.74. The molecule has 112 valence electrons. The molecular weight excluding hydrogens is 258 g/mol. The van der Waals surface area contributed by atoms with Crippen molar-refractivity contribution in [2.75, 3.05) is 26.3 Å². The first kappa shape index (κ1) is 14.8. The molecule has 20 heavy (non-hydrogen) atoms. The van der Waals surface area contributed by atoms with E-state index in [1.807, 2.05) is 24.8 Å². The molecule has 6 nitrogen and oxygen atoms in total. The quantitative estimate of drug-likeness (QED) is 0.812. The first-order valence-corrected chi connectivity index (χ1v) is 7.27. The molecule has 1 fully saturated rings. The van der Waals surface area contributed by atoms with E-state index in [1.54, 1.807) is 0 Å². The van der Waals surface area contributed by atoms with Crippen molar-refractivity contribution >= 4 is 6.03 Å². The summed E-state index contributed by atoms with van der Waals surface area (Å²) < 4.78 is 10.5. The third-order valence-corrected chi connectivity index (χ3v) is 3.43. The maximum atomic E-state index is 12.2. The van der Waals surface area contributed by atoms with Gasteiger partial charge in [0, 0.05) is 32.4 Å². The Hall–Kier alpha value is -1.56. The summed E-state index contributed by atoms with van der Waals surface area (Å²) in [6, 6.07) is 1.90. The third-order valence-electron chi connectivity index (χ3n) is 3.43. The molecule has 2 amide bonds. The van der Waals surface area contributed by atoms with Crippen LogP contribution >= 0.6 is 0 Å². The van der Waals surface area contributed by atoms with E-state index in [2.05, 4.69) is 10.5 Å². The third kappa shape index (κ3) is 3.72. The number of nitrogens with one attached hydrogen (secondary N) is 1. The molecule has 0 aromatic carbocycles. The smallest absolute Gasteiger partial charge is 0.318 e. The van der Waals surface area contributed by atoms with Crippen LogP contribution in [0.3, 0.4) is 0 Å². The number of hydrogen-bond donors (Lipinski definition) is 1. The first-order chi connectivity index (χ1) is 9.72. The van der Waals surface area contributed by atoms with E-state index in [4.69, 9.17) is 9.26 Å². The van der Waals surface area contributed by atoms with E-state index in [0.717, 1.165) is 37.3 Å². The van der Waals surface area contributed by atoms with Crippen molar-refractivity contribution in [3.8, 4) is 0 Å². The minimum absolute atomic E-state index is 0.0168. The van der Waals surface area contributed by atoms with E-state index >= 15 is 0 Å². The van der Waals surface area contributed by atoms with Crippen LogP contribution in [0.25, 0.3) is 0 Å². The lowest BCUT2D eigenvalue weighted by Crippen LogP contribution is -2.40. The predicted molar refractivity (Wildman–Crippen MR) is 74.4 cm³/mol. The Bertz CT molecular complexity index is 433. The van der Waals surface area contributed by atoms with E-state index in [-0.39, 0.29) is 12.1 Å². The van der Waals surface area contributed by atoms with Gasteiger partial charge < -0.3 is 19.5 Å². The second-order valence-corrected chi connectivity index (χ2v) is 5.00. The average Bonchev–Trinajstić information content (AvgIpc) is 3.06. The number of urea groups is 1. The van der Waals surface area contributed by atoms with Gasteiger partial charge in [-0.3, -0.25) is 0 Å². The van der Waals surface area contributed by atoms with Gasteiger partial charge in [-0.25, -0.2) is 4.79 Å². The molecular formula is C14H23N3O3. The van der Waals surface area contributed by atoms with Crippen molar-refractivity contribution < 1.29 is 14.1 Å². The molecule has 2 rings (SSSR count). The SMILES string of the molecule is CCOCCCNC(=O)N1CCCC1c1cc(C)no1. The molecule has 2 heterocycles. The number of amides is 2. The highest BCUT2D eigenvalue weighted by Gasteiger charge is 2.32. The summed E-state index contributed by atoms with van der Waals surface area (Å²) in [5, 5.41) is 6.84. The van der Waals surface area contributed by atoms with Gasteiger partial charge in [0.25, 0.3) is 0 Å². The maximum Gasteiger partial charge on any atom is 0.318 e. The van der Waals surface area contributed by atoms with Crippen LogP contribution in [-0.4, -0.2) is 42.4 Å². The fourth-order valence-electron chi connectivity index (χ4n) is 2.46. The molecule has 1 atom stereocenters. The van der Waals surface area contributed by atoms with Crippen LogP contribution in [0, 0.1) is 6.92 Å². The summed E-state index contributed by atoms with van der Waals surface area (Å²) in [6.07, 6.45) is 2.76. The second-order valence-electron chi connectivity index (χ2n) is 5.00. The lowest BCUT2D eigenvalue weighted by Gasteiger charge is -2.23. The van der Waals surface area contributed by atoms with E-state index in [0.29, 0.717) is 19.8 Å². The van der Waals surface area contributed by atoms with Gasteiger partial charge in [0.15, 0.2) is 5.76 Å². The molecule has 6 heteroatoms. The summed E-state index contributed by atoms with van der Waals surface area (Å²) in [4.78, 5) is 14.0. The van der Waals surface area contributed by atoms with Crippen LogP contribution in [0.5, 0.6) is 0 Å². The number of ether oxygens (including phenoxy) is 1.